The Kier molecular flexibility index (Phi) is 4.48. The van der Waals surface area contributed by atoms with Gasteiger partial charge in [-0.1, -0.05) is 55.6 Å². The van der Waals surface area contributed by atoms with E-state index in [4.69, 9.17) is 16.3 Å². The fraction of sp³-hybridized carbons (Fsp3) is 0.0769. The lowest BCUT2D eigenvalue weighted by Crippen LogP contribution is -1.95. The molecule has 0 saturated heterocycles. The summed E-state index contributed by atoms with van der Waals surface area (Å²) in [5.41, 5.74) is 1.10. The zero-order valence-electron chi connectivity index (χ0n) is 8.79. The Bertz CT molecular complexity index is 511. The van der Waals surface area contributed by atoms with Crippen LogP contribution < -0.4 is 4.74 Å². The van der Waals surface area contributed by atoms with Crippen molar-refractivity contribution in [3.8, 4) is 5.75 Å². The maximum atomic E-state index is 6.06. The van der Waals surface area contributed by atoms with E-state index >= 15 is 0 Å². The van der Waals surface area contributed by atoms with Crippen molar-refractivity contribution >= 4 is 43.5 Å². The van der Waals surface area contributed by atoms with Gasteiger partial charge in [-0.05, 0) is 35.9 Å². The molecule has 1 nitrogen and oxygen atoms in total. The van der Waals surface area contributed by atoms with Crippen LogP contribution in [0.4, 0.5) is 0 Å². The second kappa shape index (κ2) is 5.89. The normalized spacial score (nSPS) is 10.3. The highest BCUT2D eigenvalue weighted by Gasteiger charge is 2.02. The van der Waals surface area contributed by atoms with Crippen molar-refractivity contribution in [1.29, 1.82) is 0 Å². The van der Waals surface area contributed by atoms with E-state index in [0.29, 0.717) is 17.4 Å². The van der Waals surface area contributed by atoms with Gasteiger partial charge >= 0.3 is 0 Å². The number of hydrogen-bond acceptors (Lipinski definition) is 1. The molecular weight excluding hydrogens is 367 g/mol. The van der Waals surface area contributed by atoms with Crippen molar-refractivity contribution in [1.82, 2.24) is 0 Å². The standard InChI is InChI=1S/C13H9Br2ClO/c14-10-3-1-9(2-4-10)8-17-13-6-5-11(15)7-12(13)16/h1-7H,8H2. The van der Waals surface area contributed by atoms with Gasteiger partial charge in [0.25, 0.3) is 0 Å². The predicted octanol–water partition coefficient (Wildman–Crippen LogP) is 5.44. The minimum atomic E-state index is 0.509. The molecule has 0 aliphatic rings. The third-order valence-electron chi connectivity index (χ3n) is 2.20. The molecule has 0 N–H and O–H groups in total. The minimum absolute atomic E-state index is 0.509. The molecule has 0 aliphatic carbocycles. The summed E-state index contributed by atoms with van der Waals surface area (Å²) in [6, 6.07) is 13.6. The van der Waals surface area contributed by atoms with Gasteiger partial charge in [-0.3, -0.25) is 0 Å². The minimum Gasteiger partial charge on any atom is -0.487 e. The number of ether oxygens (including phenoxy) is 1. The Morgan fingerprint density at radius 2 is 1.59 bits per heavy atom. The molecule has 0 aromatic heterocycles. The van der Waals surface area contributed by atoms with Crippen LogP contribution in [0.3, 0.4) is 0 Å². The van der Waals surface area contributed by atoms with Crippen molar-refractivity contribution in [2.45, 2.75) is 6.61 Å². The highest BCUT2D eigenvalue weighted by Crippen LogP contribution is 2.28. The molecule has 0 atom stereocenters. The summed E-state index contributed by atoms with van der Waals surface area (Å²) >= 11 is 12.8. The second-order valence-corrected chi connectivity index (χ2v) is 5.73. The molecular formula is C13H9Br2ClO. The van der Waals surface area contributed by atoms with Crippen molar-refractivity contribution in [3.05, 3.63) is 62.0 Å². The second-order valence-electron chi connectivity index (χ2n) is 3.49. The first kappa shape index (κ1) is 12.9. The van der Waals surface area contributed by atoms with Crippen molar-refractivity contribution in [3.63, 3.8) is 0 Å². The van der Waals surface area contributed by atoms with Crippen molar-refractivity contribution < 1.29 is 4.74 Å². The Balaban J connectivity index is 2.04. The highest BCUT2D eigenvalue weighted by atomic mass is 79.9. The largest absolute Gasteiger partial charge is 0.487 e. The van der Waals surface area contributed by atoms with E-state index in [2.05, 4.69) is 31.9 Å². The van der Waals surface area contributed by atoms with Gasteiger partial charge in [-0.15, -0.1) is 0 Å². The molecule has 0 bridgehead atoms. The van der Waals surface area contributed by atoms with Crippen LogP contribution >= 0.6 is 43.5 Å². The van der Waals surface area contributed by atoms with Gasteiger partial charge in [0.15, 0.2) is 0 Å². The maximum Gasteiger partial charge on any atom is 0.138 e. The van der Waals surface area contributed by atoms with Gasteiger partial charge < -0.3 is 4.74 Å². The summed E-state index contributed by atoms with van der Waals surface area (Å²) < 4.78 is 7.65. The first-order valence-electron chi connectivity index (χ1n) is 4.97. The molecule has 17 heavy (non-hydrogen) atoms. The van der Waals surface area contributed by atoms with Gasteiger partial charge in [-0.25, -0.2) is 0 Å². The molecule has 88 valence electrons. The molecule has 0 amide bonds. The van der Waals surface area contributed by atoms with Crippen LogP contribution in [0, 0.1) is 0 Å². The molecule has 0 radical (unpaired) electrons. The first-order chi connectivity index (χ1) is 8.15. The molecule has 0 fully saturated rings. The molecule has 2 aromatic rings. The predicted molar refractivity (Wildman–Crippen MR) is 77.6 cm³/mol. The average Bonchev–Trinajstić information content (AvgIpc) is 2.30. The third-order valence-corrected chi connectivity index (χ3v) is 3.52. The van der Waals surface area contributed by atoms with E-state index < -0.39 is 0 Å². The SMILES string of the molecule is Clc1cc(Br)ccc1OCc1ccc(Br)cc1. The summed E-state index contributed by atoms with van der Waals surface area (Å²) in [6.07, 6.45) is 0. The van der Waals surface area contributed by atoms with Crippen molar-refractivity contribution in [2.75, 3.05) is 0 Å². The lowest BCUT2D eigenvalue weighted by Gasteiger charge is -2.08. The number of halogens is 3. The molecule has 0 saturated carbocycles. The molecule has 2 rings (SSSR count). The number of hydrogen-bond donors (Lipinski definition) is 0. The summed E-state index contributed by atoms with van der Waals surface area (Å²) in [5.74, 6) is 0.692. The van der Waals surface area contributed by atoms with Crippen LogP contribution in [0.15, 0.2) is 51.4 Å². The van der Waals surface area contributed by atoms with E-state index in [0.717, 1.165) is 14.5 Å². The topological polar surface area (TPSA) is 9.23 Å². The van der Waals surface area contributed by atoms with E-state index in [-0.39, 0.29) is 0 Å². The highest BCUT2D eigenvalue weighted by molar-refractivity contribution is 9.10. The van der Waals surface area contributed by atoms with Gasteiger partial charge in [-0.2, -0.15) is 0 Å². The van der Waals surface area contributed by atoms with Crippen molar-refractivity contribution in [2.24, 2.45) is 0 Å². The van der Waals surface area contributed by atoms with Gasteiger partial charge in [0.2, 0.25) is 0 Å². The van der Waals surface area contributed by atoms with E-state index in [9.17, 15) is 0 Å². The van der Waals surface area contributed by atoms with Crippen LogP contribution in [-0.2, 0) is 6.61 Å². The fourth-order valence-electron chi connectivity index (χ4n) is 1.33. The Hall–Kier alpha value is -0.510. The lowest BCUT2D eigenvalue weighted by molar-refractivity contribution is 0.306. The molecule has 0 heterocycles. The lowest BCUT2D eigenvalue weighted by atomic mass is 10.2. The van der Waals surface area contributed by atoms with Crippen LogP contribution in [0.5, 0.6) is 5.75 Å². The number of benzene rings is 2. The van der Waals surface area contributed by atoms with E-state index in [1.807, 2.05) is 42.5 Å². The molecule has 0 unspecified atom stereocenters. The van der Waals surface area contributed by atoms with Gasteiger partial charge in [0.1, 0.15) is 12.4 Å². The number of rotatable bonds is 3. The van der Waals surface area contributed by atoms with Crippen LogP contribution in [-0.4, -0.2) is 0 Å². The first-order valence-corrected chi connectivity index (χ1v) is 6.94. The Morgan fingerprint density at radius 1 is 0.941 bits per heavy atom. The summed E-state index contributed by atoms with van der Waals surface area (Å²) in [7, 11) is 0. The molecule has 0 spiro atoms. The third kappa shape index (κ3) is 3.73. The zero-order chi connectivity index (χ0) is 12.3. The molecule has 0 aliphatic heterocycles. The Morgan fingerprint density at radius 3 is 2.24 bits per heavy atom. The molecule has 4 heteroatoms. The summed E-state index contributed by atoms with van der Waals surface area (Å²) in [5, 5.41) is 0.608. The monoisotopic (exact) mass is 374 g/mol. The molecule has 2 aromatic carbocycles. The zero-order valence-corrected chi connectivity index (χ0v) is 12.7. The van der Waals surface area contributed by atoms with E-state index in [1.165, 1.54) is 0 Å². The van der Waals surface area contributed by atoms with Crippen LogP contribution in [0.2, 0.25) is 5.02 Å². The smallest absolute Gasteiger partial charge is 0.138 e. The Labute approximate surface area is 122 Å². The van der Waals surface area contributed by atoms with Gasteiger partial charge in [0, 0.05) is 8.95 Å². The average molecular weight is 376 g/mol. The van der Waals surface area contributed by atoms with E-state index in [1.54, 1.807) is 0 Å². The fourth-order valence-corrected chi connectivity index (χ4v) is 2.33. The van der Waals surface area contributed by atoms with Crippen LogP contribution in [0.25, 0.3) is 0 Å². The maximum absolute atomic E-state index is 6.06. The summed E-state index contributed by atoms with van der Waals surface area (Å²) in [6.45, 7) is 0.509. The quantitative estimate of drug-likeness (QED) is 0.693. The summed E-state index contributed by atoms with van der Waals surface area (Å²) in [4.78, 5) is 0. The van der Waals surface area contributed by atoms with Crippen LogP contribution in [0.1, 0.15) is 5.56 Å². The van der Waals surface area contributed by atoms with Gasteiger partial charge in [0.05, 0.1) is 5.02 Å².